The number of ketones is 1. The van der Waals surface area contributed by atoms with Gasteiger partial charge in [0.05, 0.1) is 0 Å². The molecule has 2 bridgehead atoms. The van der Waals surface area contributed by atoms with Gasteiger partial charge >= 0.3 is 0 Å². The molecule has 0 amide bonds. The van der Waals surface area contributed by atoms with Crippen LogP contribution < -0.4 is 0 Å². The SMILES string of the molecule is C=C1C=CN(C)C=C1CC(=C)N1CN=C(C(C)=O)/C=C\CN2CCC1C2. The number of allylic oxidation sites excluding steroid dienone is 4. The van der Waals surface area contributed by atoms with E-state index >= 15 is 0 Å². The van der Waals surface area contributed by atoms with Crippen LogP contribution in [0.5, 0.6) is 0 Å². The lowest BCUT2D eigenvalue weighted by atomic mass is 10.0. The summed E-state index contributed by atoms with van der Waals surface area (Å²) in [6, 6.07) is 0.386. The Hall–Kier alpha value is -2.40. The molecule has 5 heteroatoms. The molecule has 3 rings (SSSR count). The Morgan fingerprint density at radius 3 is 2.96 bits per heavy atom. The Balaban J connectivity index is 1.80. The second kappa shape index (κ2) is 7.87. The van der Waals surface area contributed by atoms with Crippen molar-refractivity contribution in [3.63, 3.8) is 0 Å². The molecular formula is C21H28N4O. The highest BCUT2D eigenvalue weighted by molar-refractivity contribution is 6.43. The molecule has 2 unspecified atom stereocenters. The van der Waals surface area contributed by atoms with Crippen LogP contribution >= 0.6 is 0 Å². The van der Waals surface area contributed by atoms with Crippen molar-refractivity contribution in [3.8, 4) is 0 Å². The fourth-order valence-corrected chi connectivity index (χ4v) is 3.62. The van der Waals surface area contributed by atoms with Gasteiger partial charge in [0.15, 0.2) is 5.78 Å². The van der Waals surface area contributed by atoms with E-state index in [-0.39, 0.29) is 5.78 Å². The number of nitrogens with zero attached hydrogens (tertiary/aromatic N) is 4. The highest BCUT2D eigenvalue weighted by atomic mass is 16.1. The van der Waals surface area contributed by atoms with Crippen molar-refractivity contribution in [2.75, 3.05) is 33.4 Å². The minimum atomic E-state index is 0.00450. The summed E-state index contributed by atoms with van der Waals surface area (Å²) in [6.45, 7) is 13.5. The first-order valence-corrected chi connectivity index (χ1v) is 9.13. The van der Waals surface area contributed by atoms with E-state index in [1.54, 1.807) is 6.92 Å². The summed E-state index contributed by atoms with van der Waals surface area (Å²) in [5, 5.41) is 0. The molecule has 1 fully saturated rings. The van der Waals surface area contributed by atoms with Crippen molar-refractivity contribution in [2.24, 2.45) is 4.99 Å². The monoisotopic (exact) mass is 352 g/mol. The van der Waals surface area contributed by atoms with E-state index in [9.17, 15) is 4.79 Å². The zero-order valence-corrected chi connectivity index (χ0v) is 15.8. The van der Waals surface area contributed by atoms with E-state index < -0.39 is 0 Å². The third-order valence-electron chi connectivity index (χ3n) is 5.17. The molecule has 0 aromatic rings. The van der Waals surface area contributed by atoms with Crippen LogP contribution in [0.25, 0.3) is 0 Å². The minimum Gasteiger partial charge on any atom is -0.357 e. The molecule has 0 radical (unpaired) electrons. The predicted octanol–water partition coefficient (Wildman–Crippen LogP) is 2.72. The number of hydrogen-bond donors (Lipinski definition) is 0. The molecule has 2 atom stereocenters. The van der Waals surface area contributed by atoms with E-state index in [1.807, 2.05) is 36.4 Å². The number of fused-ring (bicyclic) bond motifs is 2. The van der Waals surface area contributed by atoms with E-state index in [1.165, 1.54) is 5.57 Å². The molecule has 0 aromatic heterocycles. The van der Waals surface area contributed by atoms with Gasteiger partial charge in [-0.2, -0.15) is 0 Å². The van der Waals surface area contributed by atoms with E-state index in [4.69, 9.17) is 0 Å². The standard InChI is InChI=1S/C21H28N4O/c1-16-7-10-23(4)13-19(16)12-17(2)25-15-22-21(18(3)26)6-5-9-24-11-8-20(25)14-24/h5-7,10,13,20H,1-2,8-9,11-12,14-15H2,3-4H3/b6-5-,22-21?. The van der Waals surface area contributed by atoms with E-state index in [0.717, 1.165) is 43.7 Å². The quantitative estimate of drug-likeness (QED) is 0.780. The molecule has 0 aromatic carbocycles. The van der Waals surface area contributed by atoms with Crippen LogP contribution in [-0.4, -0.2) is 65.6 Å². The van der Waals surface area contributed by atoms with E-state index in [2.05, 4.69) is 34.2 Å². The number of carbonyl (C=O) groups is 1. The summed E-state index contributed by atoms with van der Waals surface area (Å²) in [7, 11) is 2.01. The van der Waals surface area contributed by atoms with Crippen molar-refractivity contribution < 1.29 is 4.79 Å². The van der Waals surface area contributed by atoms with Crippen molar-refractivity contribution in [3.05, 3.63) is 60.6 Å². The Kier molecular flexibility index (Phi) is 5.57. The van der Waals surface area contributed by atoms with Gasteiger partial charge in [-0.15, -0.1) is 0 Å². The predicted molar refractivity (Wildman–Crippen MR) is 107 cm³/mol. The summed E-state index contributed by atoms with van der Waals surface area (Å²) >= 11 is 0. The first-order chi connectivity index (χ1) is 12.4. The van der Waals surface area contributed by atoms with Crippen LogP contribution in [0.2, 0.25) is 0 Å². The Labute approximate surface area is 156 Å². The first kappa shape index (κ1) is 18.4. The van der Waals surface area contributed by atoms with Crippen LogP contribution in [0.4, 0.5) is 0 Å². The minimum absolute atomic E-state index is 0.00450. The zero-order chi connectivity index (χ0) is 18.7. The van der Waals surface area contributed by atoms with Crippen molar-refractivity contribution in [1.29, 1.82) is 0 Å². The highest BCUT2D eigenvalue weighted by Crippen LogP contribution is 2.27. The lowest BCUT2D eigenvalue weighted by Crippen LogP contribution is -2.38. The summed E-state index contributed by atoms with van der Waals surface area (Å²) in [4.78, 5) is 23.2. The Morgan fingerprint density at radius 1 is 1.38 bits per heavy atom. The lowest BCUT2D eigenvalue weighted by molar-refractivity contribution is -0.111. The molecule has 1 saturated heterocycles. The number of aliphatic imine (C=N–C) groups is 1. The molecule has 0 saturated carbocycles. The van der Waals surface area contributed by atoms with Gasteiger partial charge in [0, 0.05) is 64.2 Å². The maximum Gasteiger partial charge on any atom is 0.177 e. The Morgan fingerprint density at radius 2 is 2.19 bits per heavy atom. The zero-order valence-electron chi connectivity index (χ0n) is 15.8. The molecule has 138 valence electrons. The molecule has 26 heavy (non-hydrogen) atoms. The van der Waals surface area contributed by atoms with Crippen molar-refractivity contribution in [2.45, 2.75) is 25.8 Å². The smallest absolute Gasteiger partial charge is 0.177 e. The molecule has 0 N–H and O–H groups in total. The van der Waals surface area contributed by atoms with Crippen LogP contribution in [0.15, 0.2) is 65.6 Å². The van der Waals surface area contributed by atoms with Gasteiger partial charge in [-0.25, -0.2) is 0 Å². The van der Waals surface area contributed by atoms with Gasteiger partial charge in [0.2, 0.25) is 0 Å². The number of carbonyl (C=O) groups excluding carboxylic acids is 1. The third-order valence-corrected chi connectivity index (χ3v) is 5.17. The maximum atomic E-state index is 11.8. The fraction of sp³-hybridized carbons (Fsp3) is 0.429. The summed E-state index contributed by atoms with van der Waals surface area (Å²) in [5.41, 5.74) is 3.76. The van der Waals surface area contributed by atoms with Gasteiger partial charge in [-0.3, -0.25) is 14.7 Å². The van der Waals surface area contributed by atoms with Gasteiger partial charge in [0.1, 0.15) is 12.4 Å². The van der Waals surface area contributed by atoms with Crippen LogP contribution in [-0.2, 0) is 4.79 Å². The second-order valence-electron chi connectivity index (χ2n) is 7.22. The molecule has 3 heterocycles. The molecule has 0 spiro atoms. The van der Waals surface area contributed by atoms with Crippen LogP contribution in [0.3, 0.4) is 0 Å². The fourth-order valence-electron chi connectivity index (χ4n) is 3.62. The highest BCUT2D eigenvalue weighted by Gasteiger charge is 2.29. The molecule has 5 nitrogen and oxygen atoms in total. The molecule has 3 aliphatic heterocycles. The summed E-state index contributed by atoms with van der Waals surface area (Å²) in [5.74, 6) is 0.00450. The summed E-state index contributed by atoms with van der Waals surface area (Å²) < 4.78 is 0. The van der Waals surface area contributed by atoms with Gasteiger partial charge in [-0.05, 0) is 29.7 Å². The average molecular weight is 352 g/mol. The second-order valence-corrected chi connectivity index (χ2v) is 7.22. The normalized spacial score (nSPS) is 27.1. The van der Waals surface area contributed by atoms with Crippen molar-refractivity contribution >= 4 is 11.5 Å². The Bertz CT molecular complexity index is 728. The largest absolute Gasteiger partial charge is 0.357 e. The lowest BCUT2D eigenvalue weighted by Gasteiger charge is -2.33. The molecular weight excluding hydrogens is 324 g/mol. The number of rotatable bonds is 4. The number of hydrogen-bond acceptors (Lipinski definition) is 5. The topological polar surface area (TPSA) is 39.1 Å². The third kappa shape index (κ3) is 4.22. The molecule has 3 aliphatic rings. The van der Waals surface area contributed by atoms with Gasteiger partial charge < -0.3 is 9.80 Å². The van der Waals surface area contributed by atoms with Crippen LogP contribution in [0, 0.1) is 0 Å². The van der Waals surface area contributed by atoms with Gasteiger partial charge in [0.25, 0.3) is 0 Å². The number of Topliss-reactive ketones (excluding diaryl/α,β-unsaturated/α-hetero) is 1. The van der Waals surface area contributed by atoms with Crippen molar-refractivity contribution in [1.82, 2.24) is 14.7 Å². The van der Waals surface area contributed by atoms with Gasteiger partial charge in [-0.1, -0.05) is 19.2 Å². The first-order valence-electron chi connectivity index (χ1n) is 9.13. The molecule has 0 aliphatic carbocycles. The van der Waals surface area contributed by atoms with Crippen LogP contribution in [0.1, 0.15) is 19.8 Å². The maximum absolute atomic E-state index is 11.8. The average Bonchev–Trinajstić information content (AvgIpc) is 3.04. The van der Waals surface area contributed by atoms with E-state index in [0.29, 0.717) is 18.4 Å². The summed E-state index contributed by atoms with van der Waals surface area (Å²) in [6.07, 6.45) is 11.9.